The van der Waals surface area contributed by atoms with Crippen molar-refractivity contribution in [3.05, 3.63) is 28.2 Å². The van der Waals surface area contributed by atoms with E-state index in [4.69, 9.17) is 5.11 Å². The zero-order chi connectivity index (χ0) is 14.7. The normalized spacial score (nSPS) is 22.0. The molecule has 0 bridgehead atoms. The number of nitrogens with one attached hydrogen (secondary N) is 1. The molecule has 1 saturated heterocycles. The maximum Gasteiger partial charge on any atom is 0.0431 e. The first-order valence-corrected chi connectivity index (χ1v) is 8.96. The van der Waals surface area contributed by atoms with Crippen LogP contribution in [0.3, 0.4) is 0 Å². The van der Waals surface area contributed by atoms with Gasteiger partial charge in [-0.25, -0.2) is 0 Å². The Morgan fingerprint density at radius 2 is 2.14 bits per heavy atom. The van der Waals surface area contributed by atoms with Crippen LogP contribution < -0.4 is 10.2 Å². The lowest BCUT2D eigenvalue weighted by atomic mass is 10.1. The van der Waals surface area contributed by atoms with E-state index in [0.29, 0.717) is 12.6 Å². The number of nitrogens with zero attached hydrogens (tertiary/aromatic N) is 1. The van der Waals surface area contributed by atoms with Gasteiger partial charge in [0, 0.05) is 41.9 Å². The molecule has 0 amide bonds. The zero-order valence-corrected chi connectivity index (χ0v) is 14.1. The highest BCUT2D eigenvalue weighted by molar-refractivity contribution is 9.10. The summed E-state index contributed by atoms with van der Waals surface area (Å²) < 4.78 is 1.16. The number of benzene rings is 1. The van der Waals surface area contributed by atoms with Crippen LogP contribution in [0.15, 0.2) is 22.7 Å². The molecule has 0 radical (unpaired) electrons. The third-order valence-electron chi connectivity index (χ3n) is 4.58. The predicted octanol–water partition coefficient (Wildman–Crippen LogP) is 3.44. The topological polar surface area (TPSA) is 35.5 Å². The van der Waals surface area contributed by atoms with Crippen molar-refractivity contribution in [3.63, 3.8) is 0 Å². The van der Waals surface area contributed by atoms with Crippen LogP contribution in [0.2, 0.25) is 0 Å². The second-order valence-electron chi connectivity index (χ2n) is 6.28. The van der Waals surface area contributed by atoms with Crippen molar-refractivity contribution >= 4 is 21.6 Å². The Labute approximate surface area is 135 Å². The molecular weight excluding hydrogens is 328 g/mol. The van der Waals surface area contributed by atoms with Crippen LogP contribution in [-0.4, -0.2) is 30.3 Å². The average Bonchev–Trinajstić information content (AvgIpc) is 3.20. The smallest absolute Gasteiger partial charge is 0.0431 e. The van der Waals surface area contributed by atoms with Crippen molar-refractivity contribution in [1.82, 2.24) is 5.32 Å². The highest BCUT2D eigenvalue weighted by Crippen LogP contribution is 2.33. The van der Waals surface area contributed by atoms with Gasteiger partial charge in [-0.05, 0) is 62.3 Å². The Morgan fingerprint density at radius 1 is 1.29 bits per heavy atom. The van der Waals surface area contributed by atoms with Crippen LogP contribution in [-0.2, 0) is 6.54 Å². The van der Waals surface area contributed by atoms with E-state index >= 15 is 0 Å². The standard InChI is InChI=1S/C17H25BrN2O/c18-14-5-8-17(13(11-14)12-19-15-6-7-15)20-9-1-3-16(20)4-2-10-21/h5,8,11,15-16,19,21H,1-4,6-7,9-10,12H2. The van der Waals surface area contributed by atoms with Crippen LogP contribution in [0.25, 0.3) is 0 Å². The minimum atomic E-state index is 0.306. The van der Waals surface area contributed by atoms with E-state index in [1.165, 1.54) is 36.9 Å². The fourth-order valence-corrected chi connectivity index (χ4v) is 3.71. The monoisotopic (exact) mass is 352 g/mol. The van der Waals surface area contributed by atoms with Crippen molar-refractivity contribution in [3.8, 4) is 0 Å². The van der Waals surface area contributed by atoms with Gasteiger partial charge in [-0.3, -0.25) is 0 Å². The molecule has 3 rings (SSSR count). The molecule has 21 heavy (non-hydrogen) atoms. The highest BCUT2D eigenvalue weighted by atomic mass is 79.9. The van der Waals surface area contributed by atoms with Gasteiger partial charge >= 0.3 is 0 Å². The van der Waals surface area contributed by atoms with Crippen molar-refractivity contribution in [1.29, 1.82) is 0 Å². The molecule has 1 atom stereocenters. The van der Waals surface area contributed by atoms with Gasteiger partial charge in [-0.2, -0.15) is 0 Å². The minimum absolute atomic E-state index is 0.306. The predicted molar refractivity (Wildman–Crippen MR) is 90.7 cm³/mol. The summed E-state index contributed by atoms with van der Waals surface area (Å²) in [6, 6.07) is 7.99. The maximum atomic E-state index is 9.09. The lowest BCUT2D eigenvalue weighted by Crippen LogP contribution is -2.31. The summed E-state index contributed by atoms with van der Waals surface area (Å²) in [5, 5.41) is 12.7. The highest BCUT2D eigenvalue weighted by Gasteiger charge is 2.26. The average molecular weight is 353 g/mol. The lowest BCUT2D eigenvalue weighted by molar-refractivity contribution is 0.279. The maximum absolute atomic E-state index is 9.09. The number of aliphatic hydroxyl groups is 1. The van der Waals surface area contributed by atoms with E-state index in [1.54, 1.807) is 0 Å². The fraction of sp³-hybridized carbons (Fsp3) is 0.647. The first-order chi connectivity index (χ1) is 10.3. The second kappa shape index (κ2) is 7.12. The Balaban J connectivity index is 1.75. The molecule has 1 aromatic carbocycles. The minimum Gasteiger partial charge on any atom is -0.396 e. The Kier molecular flexibility index (Phi) is 5.19. The van der Waals surface area contributed by atoms with E-state index in [0.717, 1.165) is 36.4 Å². The van der Waals surface area contributed by atoms with Gasteiger partial charge in [0.15, 0.2) is 0 Å². The first-order valence-electron chi connectivity index (χ1n) is 8.17. The van der Waals surface area contributed by atoms with Crippen LogP contribution in [0.4, 0.5) is 5.69 Å². The van der Waals surface area contributed by atoms with Crippen molar-refractivity contribution < 1.29 is 5.11 Å². The molecule has 4 heteroatoms. The molecule has 3 nitrogen and oxygen atoms in total. The fourth-order valence-electron chi connectivity index (χ4n) is 3.30. The number of hydrogen-bond donors (Lipinski definition) is 2. The summed E-state index contributed by atoms with van der Waals surface area (Å²) >= 11 is 3.61. The van der Waals surface area contributed by atoms with Gasteiger partial charge in [0.2, 0.25) is 0 Å². The molecule has 2 N–H and O–H groups in total. The summed E-state index contributed by atoms with van der Waals surface area (Å²) in [6.07, 6.45) is 7.18. The molecule has 2 fully saturated rings. The molecule has 1 saturated carbocycles. The van der Waals surface area contributed by atoms with Crippen molar-refractivity contribution in [2.75, 3.05) is 18.1 Å². The van der Waals surface area contributed by atoms with Gasteiger partial charge in [-0.1, -0.05) is 15.9 Å². The molecule has 1 unspecified atom stereocenters. The van der Waals surface area contributed by atoms with Crippen LogP contribution in [0.5, 0.6) is 0 Å². The summed E-state index contributed by atoms with van der Waals surface area (Å²) in [5.74, 6) is 0. The first kappa shape index (κ1) is 15.3. The number of aliphatic hydroxyl groups excluding tert-OH is 1. The van der Waals surface area contributed by atoms with Gasteiger partial charge in [0.05, 0.1) is 0 Å². The number of halogens is 1. The van der Waals surface area contributed by atoms with Crippen LogP contribution >= 0.6 is 15.9 Å². The molecule has 2 aliphatic rings. The lowest BCUT2D eigenvalue weighted by Gasteiger charge is -2.29. The molecule has 1 aliphatic carbocycles. The zero-order valence-electron chi connectivity index (χ0n) is 12.5. The van der Waals surface area contributed by atoms with E-state index in [2.05, 4.69) is 44.3 Å². The van der Waals surface area contributed by atoms with E-state index < -0.39 is 0 Å². The quantitative estimate of drug-likeness (QED) is 0.788. The van der Waals surface area contributed by atoms with E-state index in [-0.39, 0.29) is 0 Å². The van der Waals surface area contributed by atoms with Gasteiger partial charge in [-0.15, -0.1) is 0 Å². The number of anilines is 1. The third-order valence-corrected chi connectivity index (χ3v) is 5.08. The Morgan fingerprint density at radius 3 is 2.90 bits per heavy atom. The summed E-state index contributed by atoms with van der Waals surface area (Å²) in [5.41, 5.74) is 2.78. The molecular formula is C17H25BrN2O. The molecule has 1 heterocycles. The largest absolute Gasteiger partial charge is 0.396 e. The molecule has 1 aliphatic heterocycles. The van der Waals surface area contributed by atoms with Crippen LogP contribution in [0.1, 0.15) is 44.1 Å². The molecule has 0 aromatic heterocycles. The van der Waals surface area contributed by atoms with Gasteiger partial charge in [0.1, 0.15) is 0 Å². The van der Waals surface area contributed by atoms with Gasteiger partial charge in [0.25, 0.3) is 0 Å². The summed E-state index contributed by atoms with van der Waals surface area (Å²) in [7, 11) is 0. The second-order valence-corrected chi connectivity index (χ2v) is 7.20. The SMILES string of the molecule is OCCCC1CCCN1c1ccc(Br)cc1CNC1CC1. The van der Waals surface area contributed by atoms with E-state index in [1.807, 2.05) is 0 Å². The van der Waals surface area contributed by atoms with Crippen molar-refractivity contribution in [2.45, 2.75) is 57.2 Å². The number of rotatable bonds is 7. The van der Waals surface area contributed by atoms with Crippen molar-refractivity contribution in [2.24, 2.45) is 0 Å². The molecule has 0 spiro atoms. The Hall–Kier alpha value is -0.580. The summed E-state index contributed by atoms with van der Waals surface area (Å²) in [6.45, 7) is 2.41. The number of hydrogen-bond acceptors (Lipinski definition) is 3. The van der Waals surface area contributed by atoms with Gasteiger partial charge < -0.3 is 15.3 Å². The molecule has 116 valence electrons. The summed E-state index contributed by atoms with van der Waals surface area (Å²) in [4.78, 5) is 2.56. The van der Waals surface area contributed by atoms with Crippen LogP contribution in [0, 0.1) is 0 Å². The Bertz CT molecular complexity index is 476. The molecule has 1 aromatic rings. The third kappa shape index (κ3) is 3.99. The van der Waals surface area contributed by atoms with E-state index in [9.17, 15) is 0 Å².